The van der Waals surface area contributed by atoms with E-state index in [2.05, 4.69) is 0 Å². The highest BCUT2D eigenvalue weighted by molar-refractivity contribution is 6.05. The minimum atomic E-state index is -1.01. The fourth-order valence-electron chi connectivity index (χ4n) is 2.17. The van der Waals surface area contributed by atoms with Gasteiger partial charge in [0.2, 0.25) is 6.04 Å². The van der Waals surface area contributed by atoms with E-state index in [0.717, 1.165) is 11.3 Å². The molecule has 1 aromatic carbocycles. The van der Waals surface area contributed by atoms with Gasteiger partial charge in [0.15, 0.2) is 5.75 Å². The van der Waals surface area contributed by atoms with Crippen molar-refractivity contribution in [3.05, 3.63) is 23.8 Å². The van der Waals surface area contributed by atoms with E-state index in [-0.39, 0.29) is 6.61 Å². The first-order chi connectivity index (χ1) is 9.08. The Morgan fingerprint density at radius 1 is 1.42 bits per heavy atom. The fraction of sp³-hybridized carbons (Fsp3) is 0.429. The van der Waals surface area contributed by atoms with Gasteiger partial charge in [-0.15, -0.1) is 0 Å². The van der Waals surface area contributed by atoms with Crippen LogP contribution >= 0.6 is 0 Å². The zero-order chi connectivity index (χ0) is 14.0. The Hall–Kier alpha value is -2.04. The Bertz CT molecular complexity index is 512. The van der Waals surface area contributed by atoms with E-state index in [9.17, 15) is 9.59 Å². The van der Waals surface area contributed by atoms with E-state index in [1.54, 1.807) is 17.9 Å². The minimum Gasteiger partial charge on any atom is -0.464 e. The van der Waals surface area contributed by atoms with Crippen molar-refractivity contribution >= 4 is 17.6 Å². The molecule has 0 N–H and O–H groups in total. The number of ether oxygens (including phenoxy) is 2. The molecule has 1 aromatic rings. The third kappa shape index (κ3) is 2.41. The van der Waals surface area contributed by atoms with E-state index in [1.807, 2.05) is 26.0 Å². The molecule has 102 valence electrons. The number of likely N-dealkylation sites (N-methyl/N-ethyl adjacent to an activating group) is 1. The first-order valence-corrected chi connectivity index (χ1v) is 6.34. The van der Waals surface area contributed by atoms with Crippen LogP contribution in [0.1, 0.15) is 19.4 Å². The van der Waals surface area contributed by atoms with Crippen LogP contribution in [0.2, 0.25) is 0 Å². The monoisotopic (exact) mass is 263 g/mol. The van der Waals surface area contributed by atoms with Crippen molar-refractivity contribution in [1.82, 2.24) is 0 Å². The van der Waals surface area contributed by atoms with Crippen LogP contribution in [0.25, 0.3) is 0 Å². The van der Waals surface area contributed by atoms with Gasteiger partial charge in [0, 0.05) is 6.54 Å². The van der Waals surface area contributed by atoms with Crippen LogP contribution in [0.3, 0.4) is 0 Å². The Balaban J connectivity index is 2.41. The molecule has 1 unspecified atom stereocenters. The summed E-state index contributed by atoms with van der Waals surface area (Å²) < 4.78 is 10.2. The minimum absolute atomic E-state index is 0.237. The van der Waals surface area contributed by atoms with Gasteiger partial charge < -0.3 is 14.4 Å². The summed E-state index contributed by atoms with van der Waals surface area (Å²) in [6.45, 7) is 6.27. The molecular formula is C14H17NO4. The smallest absolute Gasteiger partial charge is 0.346 e. The molecule has 5 nitrogen and oxygen atoms in total. The maximum absolute atomic E-state index is 12.0. The Morgan fingerprint density at radius 3 is 2.79 bits per heavy atom. The molecule has 0 bridgehead atoms. The molecule has 19 heavy (non-hydrogen) atoms. The molecule has 0 aliphatic carbocycles. The average Bonchev–Trinajstić information content (AvgIpc) is 2.36. The molecule has 0 aromatic heterocycles. The zero-order valence-electron chi connectivity index (χ0n) is 11.3. The third-order valence-electron chi connectivity index (χ3n) is 3.02. The number of carbonyl (C=O) groups excluding carboxylic acids is 2. The highest BCUT2D eigenvalue weighted by atomic mass is 16.6. The van der Waals surface area contributed by atoms with Crippen LogP contribution in [0.5, 0.6) is 5.75 Å². The molecule has 2 rings (SSSR count). The van der Waals surface area contributed by atoms with Crippen molar-refractivity contribution in [2.24, 2.45) is 0 Å². The fourth-order valence-corrected chi connectivity index (χ4v) is 2.17. The predicted molar refractivity (Wildman–Crippen MR) is 70.3 cm³/mol. The molecule has 1 aliphatic rings. The predicted octanol–water partition coefficient (Wildman–Crippen LogP) is 1.67. The van der Waals surface area contributed by atoms with Gasteiger partial charge >= 0.3 is 11.9 Å². The Labute approximate surface area is 112 Å². The van der Waals surface area contributed by atoms with Crippen LogP contribution in [-0.2, 0) is 14.3 Å². The van der Waals surface area contributed by atoms with Crippen LogP contribution in [0.4, 0.5) is 5.69 Å². The molecule has 5 heteroatoms. The quantitative estimate of drug-likeness (QED) is 0.472. The Kier molecular flexibility index (Phi) is 3.74. The third-order valence-corrected chi connectivity index (χ3v) is 3.02. The molecular weight excluding hydrogens is 246 g/mol. The maximum Gasteiger partial charge on any atom is 0.346 e. The molecule has 1 aliphatic heterocycles. The molecule has 0 saturated heterocycles. The number of nitrogens with zero attached hydrogens (tertiary/aromatic N) is 1. The molecule has 0 spiro atoms. The number of esters is 2. The molecule has 0 amide bonds. The molecule has 1 heterocycles. The number of hydrogen-bond donors (Lipinski definition) is 0. The van der Waals surface area contributed by atoms with E-state index in [0.29, 0.717) is 12.3 Å². The van der Waals surface area contributed by atoms with Crippen molar-refractivity contribution in [3.63, 3.8) is 0 Å². The summed E-state index contributed by atoms with van der Waals surface area (Å²) in [6, 6.07) is 4.55. The summed E-state index contributed by atoms with van der Waals surface area (Å²) in [4.78, 5) is 25.6. The van der Waals surface area contributed by atoms with Gasteiger partial charge in [-0.3, -0.25) is 0 Å². The SMILES string of the molecule is CCOC(=O)C1C(=O)Oc2cc(C)ccc2N1CC. The van der Waals surface area contributed by atoms with Gasteiger partial charge in [-0.1, -0.05) is 6.07 Å². The second kappa shape index (κ2) is 5.30. The zero-order valence-corrected chi connectivity index (χ0v) is 11.3. The van der Waals surface area contributed by atoms with Gasteiger partial charge in [0.25, 0.3) is 0 Å². The lowest BCUT2D eigenvalue weighted by molar-refractivity contribution is -0.153. The number of carbonyl (C=O) groups is 2. The standard InChI is InChI=1S/C14H17NO4/c1-4-15-10-7-6-9(3)8-11(10)19-14(17)12(15)13(16)18-5-2/h6-8,12H,4-5H2,1-3H3. The molecule has 1 atom stereocenters. The van der Waals surface area contributed by atoms with E-state index < -0.39 is 18.0 Å². The van der Waals surface area contributed by atoms with Gasteiger partial charge in [-0.05, 0) is 38.5 Å². The number of hydrogen-bond acceptors (Lipinski definition) is 5. The van der Waals surface area contributed by atoms with Crippen molar-refractivity contribution < 1.29 is 19.1 Å². The van der Waals surface area contributed by atoms with Gasteiger partial charge in [0.1, 0.15) is 0 Å². The van der Waals surface area contributed by atoms with E-state index in [1.165, 1.54) is 0 Å². The van der Waals surface area contributed by atoms with Crippen molar-refractivity contribution in [2.45, 2.75) is 26.8 Å². The number of aryl methyl sites for hydroxylation is 1. The number of benzene rings is 1. The summed E-state index contributed by atoms with van der Waals surface area (Å²) in [7, 11) is 0. The summed E-state index contributed by atoms with van der Waals surface area (Å²) in [5.74, 6) is -0.661. The summed E-state index contributed by atoms with van der Waals surface area (Å²) in [6.07, 6.45) is 0. The molecule has 0 radical (unpaired) electrons. The highest BCUT2D eigenvalue weighted by Gasteiger charge is 2.40. The number of anilines is 1. The van der Waals surface area contributed by atoms with Crippen molar-refractivity contribution in [1.29, 1.82) is 0 Å². The van der Waals surface area contributed by atoms with Crippen molar-refractivity contribution in [3.8, 4) is 5.75 Å². The maximum atomic E-state index is 12.0. The molecule has 0 saturated carbocycles. The Morgan fingerprint density at radius 2 is 2.16 bits per heavy atom. The number of rotatable bonds is 3. The second-order valence-corrected chi connectivity index (χ2v) is 4.33. The largest absolute Gasteiger partial charge is 0.464 e. The topological polar surface area (TPSA) is 55.8 Å². The van der Waals surface area contributed by atoms with Crippen LogP contribution in [0, 0.1) is 6.92 Å². The number of fused-ring (bicyclic) bond motifs is 1. The van der Waals surface area contributed by atoms with Gasteiger partial charge in [-0.25, -0.2) is 9.59 Å². The van der Waals surface area contributed by atoms with Gasteiger partial charge in [0.05, 0.1) is 12.3 Å². The van der Waals surface area contributed by atoms with Crippen LogP contribution < -0.4 is 9.64 Å². The summed E-state index contributed by atoms with van der Waals surface area (Å²) in [5, 5.41) is 0. The first-order valence-electron chi connectivity index (χ1n) is 6.34. The average molecular weight is 263 g/mol. The highest BCUT2D eigenvalue weighted by Crippen LogP contribution is 2.35. The second-order valence-electron chi connectivity index (χ2n) is 4.33. The lowest BCUT2D eigenvalue weighted by Crippen LogP contribution is -2.52. The van der Waals surface area contributed by atoms with E-state index >= 15 is 0 Å². The van der Waals surface area contributed by atoms with Crippen molar-refractivity contribution in [2.75, 3.05) is 18.1 Å². The lowest BCUT2D eigenvalue weighted by Gasteiger charge is -2.34. The summed E-state index contributed by atoms with van der Waals surface area (Å²) >= 11 is 0. The first kappa shape index (κ1) is 13.4. The van der Waals surface area contributed by atoms with Crippen LogP contribution in [0.15, 0.2) is 18.2 Å². The molecule has 0 fully saturated rings. The lowest BCUT2D eigenvalue weighted by atomic mass is 10.1. The van der Waals surface area contributed by atoms with E-state index in [4.69, 9.17) is 9.47 Å². The summed E-state index contributed by atoms with van der Waals surface area (Å²) in [5.41, 5.74) is 1.74. The van der Waals surface area contributed by atoms with Gasteiger partial charge in [-0.2, -0.15) is 0 Å². The van der Waals surface area contributed by atoms with Crippen LogP contribution in [-0.4, -0.2) is 31.1 Å². The normalized spacial score (nSPS) is 17.7.